The highest BCUT2D eigenvalue weighted by Crippen LogP contribution is 2.50. The van der Waals surface area contributed by atoms with Gasteiger partial charge >= 0.3 is 27.1 Å². The minimum atomic E-state index is -2.91. The van der Waals surface area contributed by atoms with Crippen LogP contribution < -0.4 is 21.8 Å². The molecule has 27 heteroatoms. The number of hydrogen-bond acceptors (Lipinski definition) is 13. The van der Waals surface area contributed by atoms with Gasteiger partial charge in [0.15, 0.2) is 0 Å². The zero-order chi connectivity index (χ0) is 54.4. The molecular weight excluding hydrogens is 1090 g/mol. The van der Waals surface area contributed by atoms with Gasteiger partial charge in [0.05, 0.1) is 33.6 Å². The van der Waals surface area contributed by atoms with Gasteiger partial charge in [-0.05, 0) is 125 Å². The molecule has 3 aliphatic heterocycles. The lowest BCUT2D eigenvalue weighted by Gasteiger charge is -2.32. The summed E-state index contributed by atoms with van der Waals surface area (Å²) in [7, 11) is -1.55. The third-order valence-electron chi connectivity index (χ3n) is 13.5. The van der Waals surface area contributed by atoms with Crippen LogP contribution >= 0.6 is 31.9 Å². The molecule has 3 saturated carbocycles. The Balaban J connectivity index is 0.000000176. The highest BCUT2D eigenvalue weighted by atomic mass is 79.9. The summed E-state index contributed by atoms with van der Waals surface area (Å²) in [6.07, 6.45) is 3.36. The SMILES string of the molecule is CC1(C)OB(B2OC(C)(C)C(C)(C)O2)OC1(C)C.CC1(C)OB(c2ccnc(NC(=O)C3CC3(F)F)c2)OC1(C)C.Nc1cc(Br)ccn1.O=C(Nc1cc(Br)ccn1)C1CC1(F)F.O=C(O)C1CC1(F)F. The number of aliphatic carboxylic acids is 1. The smallest absolute Gasteiger partial charge is 0.481 e. The zero-order valence-electron chi connectivity index (χ0n) is 41.8. The van der Waals surface area contributed by atoms with Crippen LogP contribution in [-0.2, 0) is 42.3 Å². The second-order valence-corrected chi connectivity index (χ2v) is 22.8. The van der Waals surface area contributed by atoms with E-state index in [-0.39, 0.29) is 40.5 Å². The van der Waals surface area contributed by atoms with E-state index in [1.54, 1.807) is 36.5 Å². The van der Waals surface area contributed by atoms with Crippen molar-refractivity contribution in [1.29, 1.82) is 0 Å². The molecule has 6 aliphatic rings. The molecule has 5 N–H and O–H groups in total. The number of halogens is 8. The Kier molecular flexibility index (Phi) is 17.3. The third kappa shape index (κ3) is 14.7. The number of nitrogens with one attached hydrogen (secondary N) is 2. The van der Waals surface area contributed by atoms with Crippen molar-refractivity contribution in [2.45, 2.75) is 154 Å². The molecule has 9 rings (SSSR count). The van der Waals surface area contributed by atoms with Crippen molar-refractivity contribution in [3.63, 3.8) is 0 Å². The van der Waals surface area contributed by atoms with Gasteiger partial charge in [0.25, 0.3) is 17.8 Å². The summed E-state index contributed by atoms with van der Waals surface area (Å²) >= 11 is 6.43. The minimum Gasteiger partial charge on any atom is -0.481 e. The molecule has 6 heterocycles. The number of hydrogen-bond donors (Lipinski definition) is 4. The number of pyridine rings is 3. The molecule has 3 aliphatic carbocycles. The maximum absolute atomic E-state index is 12.9. The van der Waals surface area contributed by atoms with Gasteiger partial charge in [-0.1, -0.05) is 31.9 Å². The first-order chi connectivity index (χ1) is 32.7. The van der Waals surface area contributed by atoms with Crippen molar-refractivity contribution < 1.29 is 73.8 Å². The van der Waals surface area contributed by atoms with Crippen LogP contribution in [0.4, 0.5) is 43.8 Å². The van der Waals surface area contributed by atoms with Gasteiger partial charge in [-0.3, -0.25) is 14.4 Å². The fraction of sp³-hybridized carbons (Fsp3) is 0.600. The van der Waals surface area contributed by atoms with Gasteiger partial charge in [-0.2, -0.15) is 0 Å². The highest BCUT2D eigenvalue weighted by molar-refractivity contribution is 9.10. The molecule has 3 aromatic rings. The molecule has 16 nitrogen and oxygen atoms in total. The Morgan fingerprint density at radius 2 is 0.875 bits per heavy atom. The maximum Gasteiger partial charge on any atom is 0.495 e. The fourth-order valence-electron chi connectivity index (χ4n) is 6.44. The molecule has 3 saturated heterocycles. The molecule has 0 spiro atoms. The summed E-state index contributed by atoms with van der Waals surface area (Å²) in [6, 6.07) is 10.1. The molecule has 0 radical (unpaired) electrons. The summed E-state index contributed by atoms with van der Waals surface area (Å²) in [5, 5.41) is 12.7. The van der Waals surface area contributed by atoms with E-state index < -0.39 is 98.5 Å². The van der Waals surface area contributed by atoms with E-state index in [1.165, 1.54) is 12.4 Å². The second kappa shape index (κ2) is 21.1. The molecule has 6 fully saturated rings. The molecule has 3 aromatic heterocycles. The lowest BCUT2D eigenvalue weighted by atomic mass is 9.49. The lowest BCUT2D eigenvalue weighted by Crippen LogP contribution is -2.41. The summed E-state index contributed by atoms with van der Waals surface area (Å²) in [4.78, 5) is 44.3. The standard InChI is InChI=1S/C15H19BF2N2O3.C12H24B2O4.C9H7BrF2N2O.C5H5BrN2.C4H4F2O2/c1-13(2)14(3,4)23-16(22-13)9-5-6-19-11(7-9)20-12(21)10-8-15(10,17)18;1-9(2)10(3,4)16-13(15-9)14-17-11(5,6)12(7,8)18-14;10-5-1-2-13-7(3-5)14-8(15)6-4-9(6,11)12;6-4-1-2-8-5(7)3-4;5-4(6)1-2(4)3(7)8/h5-7,10H,8H2,1-4H3,(H,19,20,21);1-8H3;1-3,6H,4H2,(H,13,14,15);1-3H,(H2,7,8);2H,1H2,(H,7,8). The van der Waals surface area contributed by atoms with Crippen molar-refractivity contribution in [2.24, 2.45) is 17.8 Å². The number of nitrogens with zero attached hydrogens (tertiary/aromatic N) is 3. The molecule has 3 unspecified atom stereocenters. The Morgan fingerprint density at radius 3 is 1.17 bits per heavy atom. The Hall–Kier alpha value is -3.85. The van der Waals surface area contributed by atoms with Crippen LogP contribution in [-0.4, -0.2) is 110 Å². The van der Waals surface area contributed by atoms with E-state index in [9.17, 15) is 40.7 Å². The van der Waals surface area contributed by atoms with Crippen molar-refractivity contribution in [3.05, 3.63) is 63.9 Å². The summed E-state index contributed by atoms with van der Waals surface area (Å²) in [5.41, 5.74) is 3.58. The lowest BCUT2D eigenvalue weighted by molar-refractivity contribution is -0.140. The van der Waals surface area contributed by atoms with Gasteiger partial charge in [-0.25, -0.2) is 41.3 Å². The first kappa shape index (κ1) is 59.0. The summed E-state index contributed by atoms with van der Waals surface area (Å²) in [5.74, 6) is -14.3. The first-order valence-electron chi connectivity index (χ1n) is 22.7. The number of amides is 2. The van der Waals surface area contributed by atoms with E-state index in [1.807, 2.05) is 89.2 Å². The van der Waals surface area contributed by atoms with Crippen molar-refractivity contribution in [1.82, 2.24) is 15.0 Å². The number of alkyl halides is 6. The van der Waals surface area contributed by atoms with Crippen LogP contribution in [0.25, 0.3) is 0 Å². The molecular formula is C45H59B3Br2F6N6O10. The monoisotopic (exact) mass is 1150 g/mol. The molecule has 72 heavy (non-hydrogen) atoms. The van der Waals surface area contributed by atoms with Crippen molar-refractivity contribution in [2.75, 3.05) is 16.4 Å². The van der Waals surface area contributed by atoms with E-state index in [0.29, 0.717) is 11.3 Å². The van der Waals surface area contributed by atoms with Gasteiger partial charge in [0.2, 0.25) is 11.8 Å². The molecule has 0 aromatic carbocycles. The van der Waals surface area contributed by atoms with E-state index in [2.05, 4.69) is 57.4 Å². The Morgan fingerprint density at radius 1 is 0.556 bits per heavy atom. The Labute approximate surface area is 432 Å². The normalized spacial score (nSPS) is 25.8. The fourth-order valence-corrected chi connectivity index (χ4v) is 7.13. The predicted octanol–water partition coefficient (Wildman–Crippen LogP) is 8.81. The average molecular weight is 1150 g/mol. The number of nitrogen functional groups attached to an aromatic ring is 1. The topological polar surface area (TPSA) is 216 Å². The van der Waals surface area contributed by atoms with E-state index >= 15 is 0 Å². The number of nitrogens with two attached hydrogens (primary N) is 1. The van der Waals surface area contributed by atoms with Gasteiger partial charge < -0.3 is 49.4 Å². The molecule has 394 valence electrons. The van der Waals surface area contributed by atoms with Crippen LogP contribution in [0.2, 0.25) is 0 Å². The number of carbonyl (C=O) groups excluding carboxylic acids is 2. The molecule has 2 amide bonds. The third-order valence-corrected chi connectivity index (χ3v) is 14.4. The van der Waals surface area contributed by atoms with Crippen LogP contribution in [0, 0.1) is 17.8 Å². The summed E-state index contributed by atoms with van der Waals surface area (Å²) < 4.78 is 112. The van der Waals surface area contributed by atoms with Gasteiger partial charge in [-0.15, -0.1) is 0 Å². The minimum absolute atomic E-state index is 0.213. The second-order valence-electron chi connectivity index (χ2n) is 20.9. The van der Waals surface area contributed by atoms with Crippen LogP contribution in [0.1, 0.15) is 102 Å². The van der Waals surface area contributed by atoms with Gasteiger partial charge in [0.1, 0.15) is 35.2 Å². The van der Waals surface area contributed by atoms with Gasteiger partial charge in [0, 0.05) is 46.8 Å². The largest absolute Gasteiger partial charge is 0.495 e. The number of rotatable bonds is 7. The van der Waals surface area contributed by atoms with E-state index in [4.69, 9.17) is 38.8 Å². The van der Waals surface area contributed by atoms with E-state index in [0.717, 1.165) is 8.95 Å². The predicted molar refractivity (Wildman–Crippen MR) is 264 cm³/mol. The average Bonchev–Trinajstić information content (AvgIpc) is 4.14. The Bertz CT molecular complexity index is 2380. The summed E-state index contributed by atoms with van der Waals surface area (Å²) in [6.45, 7) is 24.0. The van der Waals surface area contributed by atoms with Crippen LogP contribution in [0.5, 0.6) is 0 Å². The number of anilines is 3. The zero-order valence-corrected chi connectivity index (χ0v) is 45.0. The number of carbonyl (C=O) groups is 3. The van der Waals surface area contributed by atoms with Crippen molar-refractivity contribution >= 4 is 93.7 Å². The maximum atomic E-state index is 12.9. The number of aromatic nitrogens is 3. The first-order valence-corrected chi connectivity index (χ1v) is 24.3. The quantitative estimate of drug-likeness (QED) is 0.129. The van der Waals surface area contributed by atoms with Crippen LogP contribution in [0.3, 0.4) is 0 Å². The number of carboxylic acids is 1. The number of carboxylic acid groups (broad SMARTS) is 1. The molecule has 3 atom stereocenters. The van der Waals surface area contributed by atoms with Crippen molar-refractivity contribution in [3.8, 4) is 0 Å². The molecule has 0 bridgehead atoms. The van der Waals surface area contributed by atoms with Crippen LogP contribution in [0.15, 0.2) is 63.9 Å². The highest BCUT2D eigenvalue weighted by Gasteiger charge is 2.65.